The molecule has 1 aliphatic rings. The third kappa shape index (κ3) is 6.11. The van der Waals surface area contributed by atoms with Crippen LogP contribution in [0.5, 0.6) is 5.75 Å². The molecule has 1 atom stereocenters. The molecule has 1 amide bonds. The number of carbonyl (C=O) groups excluding carboxylic acids is 1. The lowest BCUT2D eigenvalue weighted by atomic mass is 10.1. The van der Waals surface area contributed by atoms with E-state index in [1.54, 1.807) is 0 Å². The van der Waals surface area contributed by atoms with Crippen LogP contribution in [0.15, 0.2) is 24.3 Å². The van der Waals surface area contributed by atoms with E-state index in [9.17, 15) is 18.0 Å². The number of nitrogens with one attached hydrogen (secondary N) is 1. The van der Waals surface area contributed by atoms with E-state index in [-0.39, 0.29) is 36.5 Å². The molecule has 3 N–H and O–H groups in total. The molecule has 0 aliphatic heterocycles. The second-order valence-electron chi connectivity index (χ2n) is 5.12. The summed E-state index contributed by atoms with van der Waals surface area (Å²) in [4.78, 5) is 11.8. The highest BCUT2D eigenvalue weighted by molar-refractivity contribution is 5.85. The van der Waals surface area contributed by atoms with Gasteiger partial charge in [-0.1, -0.05) is 12.1 Å². The number of benzene rings is 1. The Morgan fingerprint density at radius 1 is 1.32 bits per heavy atom. The van der Waals surface area contributed by atoms with Crippen molar-refractivity contribution >= 4 is 18.3 Å². The molecular weight excluding hydrogens is 321 g/mol. The van der Waals surface area contributed by atoms with Crippen molar-refractivity contribution in [2.75, 3.05) is 6.54 Å². The Hall–Kier alpha value is -1.47. The molecule has 8 heteroatoms. The SMILES string of the molecule is Cl.NCC(NC(=O)Cc1ccc(OC(F)(F)F)cc1)C1CC1. The monoisotopic (exact) mass is 338 g/mol. The molecule has 0 radical (unpaired) electrons. The van der Waals surface area contributed by atoms with E-state index >= 15 is 0 Å². The first-order valence-corrected chi connectivity index (χ1v) is 6.71. The van der Waals surface area contributed by atoms with Crippen LogP contribution in [0.1, 0.15) is 18.4 Å². The van der Waals surface area contributed by atoms with Crippen LogP contribution in [0, 0.1) is 5.92 Å². The largest absolute Gasteiger partial charge is 0.573 e. The molecular formula is C14H18ClF3N2O2. The Bertz CT molecular complexity index is 490. The van der Waals surface area contributed by atoms with Crippen LogP contribution < -0.4 is 15.8 Å². The van der Waals surface area contributed by atoms with E-state index in [0.29, 0.717) is 18.0 Å². The van der Waals surface area contributed by atoms with Crippen LogP contribution in [0.4, 0.5) is 13.2 Å². The minimum absolute atomic E-state index is 0. The molecule has 0 saturated heterocycles. The molecule has 22 heavy (non-hydrogen) atoms. The van der Waals surface area contributed by atoms with Crippen LogP contribution in [0.25, 0.3) is 0 Å². The number of hydrogen-bond donors (Lipinski definition) is 2. The number of halogens is 4. The molecule has 1 aromatic carbocycles. The van der Waals surface area contributed by atoms with Gasteiger partial charge in [0, 0.05) is 12.6 Å². The van der Waals surface area contributed by atoms with E-state index in [2.05, 4.69) is 10.1 Å². The van der Waals surface area contributed by atoms with Crippen LogP contribution in [0.2, 0.25) is 0 Å². The molecule has 1 saturated carbocycles. The summed E-state index contributed by atoms with van der Waals surface area (Å²) in [6.07, 6.45) is -2.45. The second-order valence-corrected chi connectivity index (χ2v) is 5.12. The summed E-state index contributed by atoms with van der Waals surface area (Å²) in [5, 5.41) is 2.85. The molecule has 1 aromatic rings. The summed E-state index contributed by atoms with van der Waals surface area (Å²) < 4.78 is 39.8. The van der Waals surface area contributed by atoms with Gasteiger partial charge in [-0.2, -0.15) is 0 Å². The molecule has 0 heterocycles. The second kappa shape index (κ2) is 7.69. The third-order valence-corrected chi connectivity index (χ3v) is 3.31. The first-order chi connectivity index (χ1) is 9.87. The van der Waals surface area contributed by atoms with E-state index in [1.807, 2.05) is 0 Å². The van der Waals surface area contributed by atoms with Crippen molar-refractivity contribution in [3.05, 3.63) is 29.8 Å². The van der Waals surface area contributed by atoms with Crippen molar-refractivity contribution in [1.82, 2.24) is 5.32 Å². The summed E-state index contributed by atoms with van der Waals surface area (Å²) in [6.45, 7) is 0.398. The summed E-state index contributed by atoms with van der Waals surface area (Å²) in [5.41, 5.74) is 6.22. The zero-order valence-corrected chi connectivity index (χ0v) is 12.5. The summed E-state index contributed by atoms with van der Waals surface area (Å²) >= 11 is 0. The smallest absolute Gasteiger partial charge is 0.406 e. The normalized spacial score (nSPS) is 15.6. The molecule has 124 valence electrons. The van der Waals surface area contributed by atoms with Crippen LogP contribution >= 0.6 is 12.4 Å². The maximum absolute atomic E-state index is 12.0. The standard InChI is InChI=1S/C14H17F3N2O2.ClH/c15-14(16,17)21-11-5-1-9(2-6-11)7-13(20)19-12(8-18)10-3-4-10;/h1-2,5-6,10,12H,3-4,7-8,18H2,(H,19,20);1H. The van der Waals surface area contributed by atoms with Crippen molar-refractivity contribution in [3.8, 4) is 5.75 Å². The van der Waals surface area contributed by atoms with Gasteiger partial charge in [0.15, 0.2) is 0 Å². The molecule has 2 rings (SSSR count). The van der Waals surface area contributed by atoms with Crippen molar-refractivity contribution in [2.24, 2.45) is 11.7 Å². The lowest BCUT2D eigenvalue weighted by molar-refractivity contribution is -0.274. The molecule has 1 fully saturated rings. The third-order valence-electron chi connectivity index (χ3n) is 3.31. The number of alkyl halides is 3. The van der Waals surface area contributed by atoms with Crippen molar-refractivity contribution in [1.29, 1.82) is 0 Å². The topological polar surface area (TPSA) is 64.3 Å². The van der Waals surface area contributed by atoms with Gasteiger partial charge in [0.25, 0.3) is 0 Å². The minimum Gasteiger partial charge on any atom is -0.406 e. The summed E-state index contributed by atoms with van der Waals surface area (Å²) in [7, 11) is 0. The maximum Gasteiger partial charge on any atom is 0.573 e. The number of nitrogens with two attached hydrogens (primary N) is 1. The summed E-state index contributed by atoms with van der Waals surface area (Å²) in [5.74, 6) is -0.0205. The van der Waals surface area contributed by atoms with Gasteiger partial charge >= 0.3 is 6.36 Å². The lowest BCUT2D eigenvalue weighted by Gasteiger charge is -2.16. The number of hydrogen-bond acceptors (Lipinski definition) is 3. The fourth-order valence-electron chi connectivity index (χ4n) is 2.12. The predicted molar refractivity (Wildman–Crippen MR) is 77.8 cm³/mol. The Balaban J connectivity index is 0.00000242. The van der Waals surface area contributed by atoms with Crippen LogP contribution in [-0.2, 0) is 11.2 Å². The Morgan fingerprint density at radius 2 is 1.91 bits per heavy atom. The molecule has 1 unspecified atom stereocenters. The zero-order chi connectivity index (χ0) is 15.5. The molecule has 0 aromatic heterocycles. The fourth-order valence-corrected chi connectivity index (χ4v) is 2.12. The number of amides is 1. The quantitative estimate of drug-likeness (QED) is 0.837. The maximum atomic E-state index is 12.0. The minimum atomic E-state index is -4.71. The van der Waals surface area contributed by atoms with Gasteiger partial charge < -0.3 is 15.8 Å². The fraction of sp³-hybridized carbons (Fsp3) is 0.500. The van der Waals surface area contributed by atoms with Crippen LogP contribution in [0.3, 0.4) is 0 Å². The van der Waals surface area contributed by atoms with E-state index in [1.165, 1.54) is 24.3 Å². The highest BCUT2D eigenvalue weighted by Crippen LogP contribution is 2.32. The van der Waals surface area contributed by atoms with E-state index in [4.69, 9.17) is 5.73 Å². The average molecular weight is 339 g/mol. The summed E-state index contributed by atoms with van der Waals surface area (Å²) in [6, 6.07) is 5.25. The van der Waals surface area contributed by atoms with Gasteiger partial charge in [0.1, 0.15) is 5.75 Å². The highest BCUT2D eigenvalue weighted by Gasteiger charge is 2.32. The Kier molecular flexibility index (Phi) is 6.49. The molecule has 0 bridgehead atoms. The highest BCUT2D eigenvalue weighted by atomic mass is 35.5. The molecule has 0 spiro atoms. The van der Waals surface area contributed by atoms with Gasteiger partial charge in [0.2, 0.25) is 5.91 Å². The van der Waals surface area contributed by atoms with Gasteiger partial charge in [-0.25, -0.2) is 0 Å². The predicted octanol–water partition coefficient (Wildman–Crippen LogP) is 2.40. The average Bonchev–Trinajstić information content (AvgIpc) is 3.21. The zero-order valence-electron chi connectivity index (χ0n) is 11.7. The van der Waals surface area contributed by atoms with Gasteiger partial charge in [-0.15, -0.1) is 25.6 Å². The molecule has 1 aliphatic carbocycles. The first kappa shape index (κ1) is 18.6. The number of ether oxygens (including phenoxy) is 1. The number of rotatable bonds is 6. The van der Waals surface area contributed by atoms with E-state index < -0.39 is 6.36 Å². The Morgan fingerprint density at radius 3 is 2.36 bits per heavy atom. The van der Waals surface area contributed by atoms with Crippen molar-refractivity contribution in [2.45, 2.75) is 31.7 Å². The van der Waals surface area contributed by atoms with Gasteiger partial charge in [-0.05, 0) is 36.5 Å². The van der Waals surface area contributed by atoms with Gasteiger partial charge in [0.05, 0.1) is 6.42 Å². The lowest BCUT2D eigenvalue weighted by Crippen LogP contribution is -2.42. The molecule has 4 nitrogen and oxygen atoms in total. The van der Waals surface area contributed by atoms with Crippen LogP contribution in [-0.4, -0.2) is 24.9 Å². The first-order valence-electron chi connectivity index (χ1n) is 6.71. The number of carbonyl (C=O) groups is 1. The van der Waals surface area contributed by atoms with E-state index in [0.717, 1.165) is 12.8 Å². The van der Waals surface area contributed by atoms with Crippen molar-refractivity contribution < 1.29 is 22.7 Å². The van der Waals surface area contributed by atoms with Crippen molar-refractivity contribution in [3.63, 3.8) is 0 Å². The Labute approximate surface area is 132 Å². The van der Waals surface area contributed by atoms with Gasteiger partial charge in [-0.3, -0.25) is 4.79 Å².